The quantitative estimate of drug-likeness (QED) is 0.837. The molecule has 4 nitrogen and oxygen atoms in total. The molecule has 2 heterocycles. The second kappa shape index (κ2) is 7.45. The summed E-state index contributed by atoms with van der Waals surface area (Å²) in [6.45, 7) is 5.57. The molecule has 0 N–H and O–H groups in total. The second-order valence-electron chi connectivity index (χ2n) is 7.11. The number of hydrogen-bond acceptors (Lipinski definition) is 3. The molecule has 126 valence electrons. The van der Waals surface area contributed by atoms with Gasteiger partial charge >= 0.3 is 0 Å². The molecular weight excluding hydrogens is 288 g/mol. The first kappa shape index (κ1) is 16.5. The average molecular weight is 316 g/mol. The van der Waals surface area contributed by atoms with E-state index in [4.69, 9.17) is 4.74 Å². The minimum Gasteiger partial charge on any atom is -0.383 e. The molecule has 1 spiro atoms. The van der Waals surface area contributed by atoms with Gasteiger partial charge in [-0.25, -0.2) is 0 Å². The third kappa shape index (κ3) is 4.12. The van der Waals surface area contributed by atoms with E-state index in [0.717, 1.165) is 32.6 Å². The summed E-state index contributed by atoms with van der Waals surface area (Å²) >= 11 is 0. The van der Waals surface area contributed by atoms with E-state index in [0.29, 0.717) is 18.9 Å². The molecule has 3 rings (SSSR count). The van der Waals surface area contributed by atoms with E-state index in [1.54, 1.807) is 7.11 Å². The van der Waals surface area contributed by atoms with Gasteiger partial charge in [-0.2, -0.15) is 0 Å². The van der Waals surface area contributed by atoms with E-state index in [9.17, 15) is 4.79 Å². The summed E-state index contributed by atoms with van der Waals surface area (Å²) in [4.78, 5) is 16.8. The molecule has 0 unspecified atom stereocenters. The van der Waals surface area contributed by atoms with Crippen LogP contribution >= 0.6 is 0 Å². The number of piperidine rings is 2. The first-order chi connectivity index (χ1) is 11.2. The Morgan fingerprint density at radius 2 is 2.00 bits per heavy atom. The number of carbonyl (C=O) groups is 1. The summed E-state index contributed by atoms with van der Waals surface area (Å²) in [6, 6.07) is 10.7. The highest BCUT2D eigenvalue weighted by atomic mass is 16.5. The van der Waals surface area contributed by atoms with Crippen LogP contribution < -0.4 is 0 Å². The predicted octanol–water partition coefficient (Wildman–Crippen LogP) is 2.54. The molecule has 2 aliphatic rings. The lowest BCUT2D eigenvalue weighted by Crippen LogP contribution is -2.54. The van der Waals surface area contributed by atoms with E-state index in [1.165, 1.54) is 24.9 Å². The number of methoxy groups -OCH3 is 1. The van der Waals surface area contributed by atoms with Crippen LogP contribution in [0.2, 0.25) is 0 Å². The molecule has 1 aromatic carbocycles. The first-order valence-corrected chi connectivity index (χ1v) is 8.74. The van der Waals surface area contributed by atoms with Crippen LogP contribution in [0.3, 0.4) is 0 Å². The zero-order chi connectivity index (χ0) is 16.1. The molecule has 0 saturated carbocycles. The summed E-state index contributed by atoms with van der Waals surface area (Å²) in [6.07, 6.45) is 4.22. The van der Waals surface area contributed by atoms with Gasteiger partial charge in [0.25, 0.3) is 0 Å². The number of benzene rings is 1. The minimum atomic E-state index is 0.286. The van der Waals surface area contributed by atoms with E-state index in [2.05, 4.69) is 35.2 Å². The Balaban J connectivity index is 1.63. The third-order valence-corrected chi connectivity index (χ3v) is 5.30. The molecule has 2 aliphatic heterocycles. The third-order valence-electron chi connectivity index (χ3n) is 5.30. The highest BCUT2D eigenvalue weighted by molar-refractivity contribution is 5.77. The number of rotatable bonds is 5. The summed E-state index contributed by atoms with van der Waals surface area (Å²) < 4.78 is 5.16. The Bertz CT molecular complexity index is 519. The minimum absolute atomic E-state index is 0.286. The number of nitrogens with zero attached hydrogens (tertiary/aromatic N) is 2. The van der Waals surface area contributed by atoms with Crippen molar-refractivity contribution in [1.82, 2.24) is 9.80 Å². The van der Waals surface area contributed by atoms with Crippen LogP contribution in [0.4, 0.5) is 0 Å². The molecular formula is C19H28N2O2. The summed E-state index contributed by atoms with van der Waals surface area (Å²) in [7, 11) is 1.70. The Hall–Kier alpha value is -1.39. The van der Waals surface area contributed by atoms with E-state index in [-0.39, 0.29) is 5.41 Å². The van der Waals surface area contributed by atoms with Crippen molar-refractivity contribution >= 4 is 5.91 Å². The predicted molar refractivity (Wildman–Crippen MR) is 91.1 cm³/mol. The zero-order valence-corrected chi connectivity index (χ0v) is 14.2. The van der Waals surface area contributed by atoms with Crippen molar-refractivity contribution in [2.75, 3.05) is 39.9 Å². The van der Waals surface area contributed by atoms with Crippen LogP contribution in [0.25, 0.3) is 0 Å². The molecule has 4 heteroatoms. The van der Waals surface area contributed by atoms with Crippen molar-refractivity contribution in [3.8, 4) is 0 Å². The molecule has 23 heavy (non-hydrogen) atoms. The smallest absolute Gasteiger partial charge is 0.222 e. The van der Waals surface area contributed by atoms with Gasteiger partial charge in [-0.3, -0.25) is 9.69 Å². The van der Waals surface area contributed by atoms with Gasteiger partial charge in [0.05, 0.1) is 6.61 Å². The number of carbonyl (C=O) groups excluding carboxylic acids is 1. The zero-order valence-electron chi connectivity index (χ0n) is 14.2. The first-order valence-electron chi connectivity index (χ1n) is 8.74. The molecule has 1 aromatic rings. The molecule has 0 aromatic heterocycles. The topological polar surface area (TPSA) is 32.8 Å². The number of ether oxygens (including phenoxy) is 1. The van der Waals surface area contributed by atoms with Gasteiger partial charge in [0.1, 0.15) is 0 Å². The summed E-state index contributed by atoms with van der Waals surface area (Å²) in [5.41, 5.74) is 1.67. The van der Waals surface area contributed by atoms with Crippen LogP contribution in [0.15, 0.2) is 30.3 Å². The van der Waals surface area contributed by atoms with Gasteiger partial charge in [0, 0.05) is 45.1 Å². The number of amides is 1. The highest BCUT2D eigenvalue weighted by Crippen LogP contribution is 2.39. The van der Waals surface area contributed by atoms with Crippen LogP contribution in [-0.4, -0.2) is 55.6 Å². The lowest BCUT2D eigenvalue weighted by atomic mass is 9.73. The van der Waals surface area contributed by atoms with E-state index >= 15 is 0 Å². The molecule has 1 atom stereocenters. The Kier molecular flexibility index (Phi) is 5.34. The van der Waals surface area contributed by atoms with Crippen molar-refractivity contribution in [2.24, 2.45) is 5.41 Å². The maximum absolute atomic E-state index is 12.2. The van der Waals surface area contributed by atoms with Gasteiger partial charge < -0.3 is 9.64 Å². The summed E-state index contributed by atoms with van der Waals surface area (Å²) in [5, 5.41) is 0. The maximum Gasteiger partial charge on any atom is 0.222 e. The van der Waals surface area contributed by atoms with Crippen LogP contribution in [0.5, 0.6) is 0 Å². The highest BCUT2D eigenvalue weighted by Gasteiger charge is 2.41. The number of hydrogen-bond donors (Lipinski definition) is 0. The SMILES string of the molecule is COCCN1C[C@]2(CCCN(Cc3ccccc3)C2)CCC1=O. The van der Waals surface area contributed by atoms with Crippen LogP contribution in [0.1, 0.15) is 31.2 Å². The van der Waals surface area contributed by atoms with Crippen molar-refractivity contribution in [1.29, 1.82) is 0 Å². The van der Waals surface area contributed by atoms with Crippen molar-refractivity contribution < 1.29 is 9.53 Å². The lowest BCUT2D eigenvalue weighted by molar-refractivity contribution is -0.140. The van der Waals surface area contributed by atoms with Crippen LogP contribution in [0, 0.1) is 5.41 Å². The normalized spacial score (nSPS) is 26.0. The Morgan fingerprint density at radius 3 is 2.78 bits per heavy atom. The second-order valence-corrected chi connectivity index (χ2v) is 7.11. The molecule has 0 radical (unpaired) electrons. The van der Waals surface area contributed by atoms with Crippen molar-refractivity contribution in [2.45, 2.75) is 32.2 Å². The summed E-state index contributed by atoms with van der Waals surface area (Å²) in [5.74, 6) is 0.299. The molecule has 2 fully saturated rings. The molecule has 0 bridgehead atoms. The van der Waals surface area contributed by atoms with Gasteiger partial charge in [0.15, 0.2) is 0 Å². The maximum atomic E-state index is 12.2. The van der Waals surface area contributed by atoms with Gasteiger partial charge in [-0.15, -0.1) is 0 Å². The number of likely N-dealkylation sites (tertiary alicyclic amines) is 2. The molecule has 2 saturated heterocycles. The molecule has 0 aliphatic carbocycles. The van der Waals surface area contributed by atoms with E-state index < -0.39 is 0 Å². The van der Waals surface area contributed by atoms with Gasteiger partial charge in [0.2, 0.25) is 5.91 Å². The van der Waals surface area contributed by atoms with Crippen molar-refractivity contribution in [3.63, 3.8) is 0 Å². The average Bonchev–Trinajstić information content (AvgIpc) is 2.57. The van der Waals surface area contributed by atoms with Gasteiger partial charge in [-0.05, 0) is 31.4 Å². The monoisotopic (exact) mass is 316 g/mol. The Morgan fingerprint density at radius 1 is 1.17 bits per heavy atom. The molecule has 1 amide bonds. The van der Waals surface area contributed by atoms with Gasteiger partial charge in [-0.1, -0.05) is 30.3 Å². The largest absolute Gasteiger partial charge is 0.383 e. The lowest BCUT2D eigenvalue weighted by Gasteiger charge is -2.48. The fraction of sp³-hybridized carbons (Fsp3) is 0.632. The standard InChI is InChI=1S/C19H28N2O2/c1-23-13-12-21-16-19(10-8-18(21)22)9-5-11-20(15-19)14-17-6-3-2-4-7-17/h2-4,6-7H,5,8-16H2,1H3/t19-/m1/s1. The Labute approximate surface area is 139 Å². The van der Waals surface area contributed by atoms with Crippen molar-refractivity contribution in [3.05, 3.63) is 35.9 Å². The van der Waals surface area contributed by atoms with E-state index in [1.807, 2.05) is 4.90 Å². The fourth-order valence-corrected chi connectivity index (χ4v) is 4.13. The fourth-order valence-electron chi connectivity index (χ4n) is 4.13. The van der Waals surface area contributed by atoms with Crippen LogP contribution in [-0.2, 0) is 16.1 Å².